The molecule has 2 aliphatic carbocycles. The molecule has 0 heterocycles. The molecule has 0 bridgehead atoms. The minimum Gasteiger partial charge on any atom is -0.0998 e. The molecule has 0 radical (unpaired) electrons. The summed E-state index contributed by atoms with van der Waals surface area (Å²) in [5, 5.41) is 0. The number of allylic oxidation sites excluding steroid dienone is 3. The van der Waals surface area contributed by atoms with Gasteiger partial charge < -0.3 is 0 Å². The molecular formula is C15H24. The Bertz CT molecular complexity index is 295. The zero-order chi connectivity index (χ0) is 11.0. The van der Waals surface area contributed by atoms with Gasteiger partial charge in [0.1, 0.15) is 0 Å². The van der Waals surface area contributed by atoms with Gasteiger partial charge in [0, 0.05) is 0 Å². The van der Waals surface area contributed by atoms with Crippen LogP contribution >= 0.6 is 0 Å². The van der Waals surface area contributed by atoms with Crippen LogP contribution in [0.1, 0.15) is 52.9 Å². The zero-order valence-electron chi connectivity index (χ0n) is 10.5. The Morgan fingerprint density at radius 2 is 1.73 bits per heavy atom. The van der Waals surface area contributed by atoms with E-state index in [2.05, 4.69) is 27.4 Å². The molecule has 0 saturated carbocycles. The third-order valence-electron chi connectivity index (χ3n) is 4.56. The van der Waals surface area contributed by atoms with Crippen LogP contribution in [-0.4, -0.2) is 0 Å². The molecule has 0 unspecified atom stereocenters. The molecular weight excluding hydrogens is 180 g/mol. The van der Waals surface area contributed by atoms with Crippen LogP contribution in [-0.2, 0) is 0 Å². The van der Waals surface area contributed by atoms with Gasteiger partial charge in [-0.05, 0) is 56.8 Å². The summed E-state index contributed by atoms with van der Waals surface area (Å²) in [6.07, 6.45) is 6.83. The van der Waals surface area contributed by atoms with E-state index in [0.29, 0.717) is 0 Å². The Hall–Kier alpha value is -0.520. The van der Waals surface area contributed by atoms with Crippen LogP contribution in [0.25, 0.3) is 0 Å². The number of rotatable bonds is 1. The summed E-state index contributed by atoms with van der Waals surface area (Å²) < 4.78 is 0. The Morgan fingerprint density at radius 1 is 1.07 bits per heavy atom. The average Bonchev–Trinajstić information content (AvgIpc) is 2.43. The van der Waals surface area contributed by atoms with Crippen molar-refractivity contribution >= 4 is 0 Å². The molecule has 0 saturated heterocycles. The van der Waals surface area contributed by atoms with E-state index in [4.69, 9.17) is 0 Å². The minimum atomic E-state index is 0.764. The standard InChI is InChI=1S/C15H24/c1-10(2)13-7-5-11(3)14-8-6-12(4)15(14)9-13/h11-13H,1,5-9H2,2-4H3/t11-,12+,13+/m0/s1. The van der Waals surface area contributed by atoms with E-state index in [1.165, 1.54) is 37.7 Å². The Kier molecular flexibility index (Phi) is 3.04. The molecule has 0 N–H and O–H groups in total. The van der Waals surface area contributed by atoms with Crippen LogP contribution < -0.4 is 0 Å². The summed E-state index contributed by atoms with van der Waals surface area (Å²) in [6, 6.07) is 0. The lowest BCUT2D eigenvalue weighted by Gasteiger charge is -2.18. The predicted molar refractivity (Wildman–Crippen MR) is 66.7 cm³/mol. The first-order chi connectivity index (χ1) is 7.09. The number of hydrogen-bond donors (Lipinski definition) is 0. The van der Waals surface area contributed by atoms with E-state index in [1.54, 1.807) is 5.57 Å². The van der Waals surface area contributed by atoms with Crippen molar-refractivity contribution in [3.8, 4) is 0 Å². The molecule has 15 heavy (non-hydrogen) atoms. The minimum absolute atomic E-state index is 0.764. The van der Waals surface area contributed by atoms with Crippen molar-refractivity contribution in [2.75, 3.05) is 0 Å². The normalized spacial score (nSPS) is 36.3. The van der Waals surface area contributed by atoms with Crippen molar-refractivity contribution in [1.29, 1.82) is 0 Å². The second kappa shape index (κ2) is 4.15. The largest absolute Gasteiger partial charge is 0.0998 e. The summed E-state index contributed by atoms with van der Waals surface area (Å²) in [7, 11) is 0. The quantitative estimate of drug-likeness (QED) is 0.542. The summed E-state index contributed by atoms with van der Waals surface area (Å²) in [6.45, 7) is 11.2. The van der Waals surface area contributed by atoms with Gasteiger partial charge in [0.25, 0.3) is 0 Å². The molecule has 0 amide bonds. The van der Waals surface area contributed by atoms with Gasteiger partial charge in [0.15, 0.2) is 0 Å². The Labute approximate surface area is 94.5 Å². The predicted octanol–water partition coefficient (Wildman–Crippen LogP) is 4.73. The van der Waals surface area contributed by atoms with Gasteiger partial charge in [-0.25, -0.2) is 0 Å². The van der Waals surface area contributed by atoms with Gasteiger partial charge in [-0.2, -0.15) is 0 Å². The van der Waals surface area contributed by atoms with Gasteiger partial charge in [0.2, 0.25) is 0 Å². The summed E-state index contributed by atoms with van der Waals surface area (Å²) in [5.74, 6) is 2.46. The molecule has 84 valence electrons. The summed E-state index contributed by atoms with van der Waals surface area (Å²) >= 11 is 0. The Balaban J connectivity index is 2.23. The van der Waals surface area contributed by atoms with E-state index in [-0.39, 0.29) is 0 Å². The van der Waals surface area contributed by atoms with E-state index in [1.807, 2.05) is 5.57 Å². The Morgan fingerprint density at radius 3 is 2.40 bits per heavy atom. The molecule has 3 atom stereocenters. The smallest absolute Gasteiger partial charge is 0.0171 e. The lowest BCUT2D eigenvalue weighted by molar-refractivity contribution is 0.476. The van der Waals surface area contributed by atoms with Crippen molar-refractivity contribution in [3.63, 3.8) is 0 Å². The van der Waals surface area contributed by atoms with E-state index >= 15 is 0 Å². The highest BCUT2D eigenvalue weighted by molar-refractivity contribution is 5.27. The highest BCUT2D eigenvalue weighted by Crippen LogP contribution is 2.45. The summed E-state index contributed by atoms with van der Waals surface area (Å²) in [5.41, 5.74) is 5.01. The van der Waals surface area contributed by atoms with Crippen LogP contribution in [0.5, 0.6) is 0 Å². The maximum Gasteiger partial charge on any atom is -0.0171 e. The second-order valence-corrected chi connectivity index (χ2v) is 5.72. The van der Waals surface area contributed by atoms with Crippen molar-refractivity contribution in [2.45, 2.75) is 52.9 Å². The lowest BCUT2D eigenvalue weighted by Crippen LogP contribution is -2.04. The molecule has 0 aliphatic heterocycles. The van der Waals surface area contributed by atoms with Crippen molar-refractivity contribution in [3.05, 3.63) is 23.3 Å². The summed E-state index contributed by atoms with van der Waals surface area (Å²) in [4.78, 5) is 0. The highest BCUT2D eigenvalue weighted by Gasteiger charge is 2.30. The van der Waals surface area contributed by atoms with Gasteiger partial charge in [-0.15, -0.1) is 0 Å². The van der Waals surface area contributed by atoms with Gasteiger partial charge in [0.05, 0.1) is 0 Å². The maximum atomic E-state index is 4.16. The van der Waals surface area contributed by atoms with Gasteiger partial charge in [-0.1, -0.05) is 37.1 Å². The number of hydrogen-bond acceptors (Lipinski definition) is 0. The van der Waals surface area contributed by atoms with Crippen molar-refractivity contribution in [2.24, 2.45) is 17.8 Å². The van der Waals surface area contributed by atoms with E-state index < -0.39 is 0 Å². The molecule has 0 fully saturated rings. The van der Waals surface area contributed by atoms with Crippen LogP contribution in [0.15, 0.2) is 23.3 Å². The lowest BCUT2D eigenvalue weighted by atomic mass is 9.88. The molecule has 0 aromatic heterocycles. The second-order valence-electron chi connectivity index (χ2n) is 5.72. The fourth-order valence-electron chi connectivity index (χ4n) is 3.33. The molecule has 0 aromatic rings. The molecule has 0 spiro atoms. The first kappa shape index (κ1) is 11.0. The van der Waals surface area contributed by atoms with Crippen molar-refractivity contribution in [1.82, 2.24) is 0 Å². The molecule has 2 rings (SSSR count). The molecule has 2 aliphatic rings. The van der Waals surface area contributed by atoms with Gasteiger partial charge in [-0.3, -0.25) is 0 Å². The molecule has 0 nitrogen and oxygen atoms in total. The SMILES string of the molecule is C=C(C)[C@@H]1CC[C@H](C)C2=C(C1)[C@H](C)CC2. The van der Waals surface area contributed by atoms with Crippen LogP contribution in [0.4, 0.5) is 0 Å². The third-order valence-corrected chi connectivity index (χ3v) is 4.56. The van der Waals surface area contributed by atoms with E-state index in [0.717, 1.165) is 17.8 Å². The van der Waals surface area contributed by atoms with Crippen LogP contribution in [0.3, 0.4) is 0 Å². The average molecular weight is 204 g/mol. The van der Waals surface area contributed by atoms with Crippen LogP contribution in [0, 0.1) is 17.8 Å². The highest BCUT2D eigenvalue weighted by atomic mass is 14.4. The topological polar surface area (TPSA) is 0 Å². The first-order valence-electron chi connectivity index (χ1n) is 6.46. The first-order valence-corrected chi connectivity index (χ1v) is 6.46. The van der Waals surface area contributed by atoms with Crippen molar-refractivity contribution < 1.29 is 0 Å². The monoisotopic (exact) mass is 204 g/mol. The third kappa shape index (κ3) is 2.04. The van der Waals surface area contributed by atoms with Crippen LogP contribution in [0.2, 0.25) is 0 Å². The van der Waals surface area contributed by atoms with Gasteiger partial charge >= 0.3 is 0 Å². The zero-order valence-corrected chi connectivity index (χ0v) is 10.5. The fraction of sp³-hybridized carbons (Fsp3) is 0.733. The maximum absolute atomic E-state index is 4.16. The molecule has 0 aromatic carbocycles. The van der Waals surface area contributed by atoms with E-state index in [9.17, 15) is 0 Å². The fourth-order valence-corrected chi connectivity index (χ4v) is 3.33. The molecule has 0 heteroatoms.